The SMILES string of the molecule is CC(=O)N1CCCC1COC(=O)N[C@H]1CCOc2c(C(=O)Nc3ccc(F)c(F)c3)ccc(F)c21. The summed E-state index contributed by atoms with van der Waals surface area (Å²) >= 11 is 0. The summed E-state index contributed by atoms with van der Waals surface area (Å²) in [6.45, 7) is 2.17. The molecule has 0 bridgehead atoms. The van der Waals surface area contributed by atoms with E-state index >= 15 is 0 Å². The molecule has 0 aromatic heterocycles. The first-order valence-electron chi connectivity index (χ1n) is 11.2. The van der Waals surface area contributed by atoms with Gasteiger partial charge in [0.2, 0.25) is 5.91 Å². The van der Waals surface area contributed by atoms with Gasteiger partial charge >= 0.3 is 6.09 Å². The second kappa shape index (κ2) is 10.2. The fourth-order valence-electron chi connectivity index (χ4n) is 4.35. The number of amides is 3. The molecule has 35 heavy (non-hydrogen) atoms. The summed E-state index contributed by atoms with van der Waals surface area (Å²) in [6, 6.07) is 4.12. The Balaban J connectivity index is 1.47. The second-order valence-electron chi connectivity index (χ2n) is 8.36. The topological polar surface area (TPSA) is 97.0 Å². The van der Waals surface area contributed by atoms with Gasteiger partial charge in [-0.05, 0) is 37.1 Å². The Morgan fingerprint density at radius 2 is 1.86 bits per heavy atom. The molecular formula is C24H24F3N3O5. The van der Waals surface area contributed by atoms with Gasteiger partial charge in [0, 0.05) is 31.6 Å². The Morgan fingerprint density at radius 1 is 1.09 bits per heavy atom. The van der Waals surface area contributed by atoms with E-state index in [4.69, 9.17) is 9.47 Å². The standard InChI is InChI=1S/C24H24F3N3O5/c1-13(31)30-9-2-3-15(30)12-35-24(33)29-20-8-10-34-22-16(5-7-18(26)21(20)22)23(32)28-14-4-6-17(25)19(27)11-14/h4-7,11,15,20H,2-3,8-10,12H2,1H3,(H,28,32)(H,29,33)/t15?,20-/m0/s1. The number of nitrogens with one attached hydrogen (secondary N) is 2. The lowest BCUT2D eigenvalue weighted by atomic mass is 9.96. The third-order valence-corrected chi connectivity index (χ3v) is 6.05. The van der Waals surface area contributed by atoms with Crippen molar-refractivity contribution >= 4 is 23.6 Å². The molecule has 8 nitrogen and oxygen atoms in total. The number of benzene rings is 2. The number of hydrogen-bond donors (Lipinski definition) is 2. The summed E-state index contributed by atoms with van der Waals surface area (Å²) in [4.78, 5) is 38.5. The van der Waals surface area contributed by atoms with E-state index in [1.54, 1.807) is 4.90 Å². The van der Waals surface area contributed by atoms with Gasteiger partial charge in [0.1, 0.15) is 18.2 Å². The van der Waals surface area contributed by atoms with Crippen molar-refractivity contribution in [2.75, 3.05) is 25.1 Å². The number of ether oxygens (including phenoxy) is 2. The number of likely N-dealkylation sites (tertiary alicyclic amines) is 1. The van der Waals surface area contributed by atoms with E-state index in [2.05, 4.69) is 10.6 Å². The van der Waals surface area contributed by atoms with E-state index in [1.165, 1.54) is 19.1 Å². The first-order valence-corrected chi connectivity index (χ1v) is 11.2. The van der Waals surface area contributed by atoms with Gasteiger partial charge in [0.15, 0.2) is 11.6 Å². The van der Waals surface area contributed by atoms with Crippen LogP contribution in [-0.2, 0) is 9.53 Å². The lowest BCUT2D eigenvalue weighted by Crippen LogP contribution is -2.39. The third-order valence-electron chi connectivity index (χ3n) is 6.05. The Labute approximate surface area is 199 Å². The van der Waals surface area contributed by atoms with Crippen LogP contribution in [0.1, 0.15) is 48.1 Å². The Morgan fingerprint density at radius 3 is 2.60 bits per heavy atom. The number of nitrogens with zero attached hydrogens (tertiary/aromatic N) is 1. The molecule has 0 aliphatic carbocycles. The average molecular weight is 491 g/mol. The number of carbonyl (C=O) groups is 3. The predicted octanol–water partition coefficient (Wildman–Crippen LogP) is 3.92. The summed E-state index contributed by atoms with van der Waals surface area (Å²) < 4.78 is 52.3. The highest BCUT2D eigenvalue weighted by Crippen LogP contribution is 2.37. The van der Waals surface area contributed by atoms with Crippen LogP contribution < -0.4 is 15.4 Å². The molecule has 1 fully saturated rings. The Hall–Kier alpha value is -3.76. The first-order chi connectivity index (χ1) is 16.7. The number of anilines is 1. The number of fused-ring (bicyclic) bond motifs is 1. The highest BCUT2D eigenvalue weighted by atomic mass is 19.2. The second-order valence-corrected chi connectivity index (χ2v) is 8.36. The average Bonchev–Trinajstić information content (AvgIpc) is 3.29. The normalized spacial score (nSPS) is 18.9. The van der Waals surface area contributed by atoms with Crippen LogP contribution in [0.25, 0.3) is 0 Å². The molecule has 0 spiro atoms. The van der Waals surface area contributed by atoms with Gasteiger partial charge in [-0.15, -0.1) is 0 Å². The molecule has 0 saturated carbocycles. The Kier molecular flexibility index (Phi) is 7.13. The van der Waals surface area contributed by atoms with Crippen molar-refractivity contribution in [3.8, 4) is 5.75 Å². The van der Waals surface area contributed by atoms with Crippen LogP contribution in [0, 0.1) is 17.5 Å². The highest BCUT2D eigenvalue weighted by Gasteiger charge is 2.32. The molecule has 186 valence electrons. The molecule has 1 unspecified atom stereocenters. The van der Waals surface area contributed by atoms with Crippen molar-refractivity contribution in [2.24, 2.45) is 0 Å². The molecule has 11 heteroatoms. The van der Waals surface area contributed by atoms with Gasteiger partial charge < -0.3 is 25.0 Å². The van der Waals surface area contributed by atoms with Crippen LogP contribution in [0.4, 0.5) is 23.7 Å². The van der Waals surface area contributed by atoms with Crippen LogP contribution in [0.5, 0.6) is 5.75 Å². The molecule has 2 aromatic carbocycles. The molecule has 1 saturated heterocycles. The molecule has 2 aromatic rings. The van der Waals surface area contributed by atoms with Gasteiger partial charge in [0.25, 0.3) is 5.91 Å². The summed E-state index contributed by atoms with van der Waals surface area (Å²) in [7, 11) is 0. The number of rotatable bonds is 5. The van der Waals surface area contributed by atoms with Gasteiger partial charge in [-0.25, -0.2) is 18.0 Å². The van der Waals surface area contributed by atoms with E-state index in [1.807, 2.05) is 0 Å². The maximum absolute atomic E-state index is 14.8. The van der Waals surface area contributed by atoms with Crippen LogP contribution in [0.3, 0.4) is 0 Å². The molecule has 2 N–H and O–H groups in total. The summed E-state index contributed by atoms with van der Waals surface area (Å²) in [6.07, 6.45) is 0.992. The number of hydrogen-bond acceptors (Lipinski definition) is 5. The monoisotopic (exact) mass is 491 g/mol. The van der Waals surface area contributed by atoms with Crippen LogP contribution in [-0.4, -0.2) is 48.6 Å². The quantitative estimate of drug-likeness (QED) is 0.661. The molecule has 2 heterocycles. The minimum Gasteiger partial charge on any atom is -0.492 e. The van der Waals surface area contributed by atoms with Crippen LogP contribution in [0.2, 0.25) is 0 Å². The van der Waals surface area contributed by atoms with Crippen molar-refractivity contribution < 1.29 is 37.0 Å². The van der Waals surface area contributed by atoms with Gasteiger partial charge in [-0.3, -0.25) is 9.59 Å². The number of alkyl carbamates (subject to hydrolysis) is 1. The van der Waals surface area contributed by atoms with Crippen molar-refractivity contribution in [3.63, 3.8) is 0 Å². The maximum atomic E-state index is 14.8. The molecular weight excluding hydrogens is 467 g/mol. The van der Waals surface area contributed by atoms with Crippen LogP contribution >= 0.6 is 0 Å². The first kappa shape index (κ1) is 24.4. The van der Waals surface area contributed by atoms with E-state index in [-0.39, 0.29) is 54.1 Å². The van der Waals surface area contributed by atoms with E-state index in [0.717, 1.165) is 31.0 Å². The van der Waals surface area contributed by atoms with Gasteiger partial charge in [-0.1, -0.05) is 0 Å². The molecule has 2 aliphatic heterocycles. The van der Waals surface area contributed by atoms with Crippen molar-refractivity contribution in [3.05, 3.63) is 58.9 Å². The van der Waals surface area contributed by atoms with Crippen LogP contribution in [0.15, 0.2) is 30.3 Å². The largest absolute Gasteiger partial charge is 0.492 e. The number of halogens is 3. The minimum absolute atomic E-state index is 0.00700. The van der Waals surface area contributed by atoms with Gasteiger partial charge in [0.05, 0.1) is 29.8 Å². The third kappa shape index (κ3) is 5.33. The molecule has 2 atom stereocenters. The van der Waals surface area contributed by atoms with Gasteiger partial charge in [-0.2, -0.15) is 0 Å². The summed E-state index contributed by atoms with van der Waals surface area (Å²) in [5, 5.41) is 5.03. The number of carbonyl (C=O) groups excluding carboxylic acids is 3. The predicted molar refractivity (Wildman–Crippen MR) is 118 cm³/mol. The Bertz CT molecular complexity index is 1160. The fourth-order valence-corrected chi connectivity index (χ4v) is 4.35. The van der Waals surface area contributed by atoms with Crippen molar-refractivity contribution in [1.29, 1.82) is 0 Å². The van der Waals surface area contributed by atoms with E-state index < -0.39 is 35.5 Å². The fraction of sp³-hybridized carbons (Fsp3) is 0.375. The molecule has 0 radical (unpaired) electrons. The zero-order valence-corrected chi connectivity index (χ0v) is 18.9. The minimum atomic E-state index is -1.13. The van der Waals surface area contributed by atoms with Crippen molar-refractivity contribution in [1.82, 2.24) is 10.2 Å². The summed E-state index contributed by atoms with van der Waals surface area (Å²) in [5.41, 5.74) is -0.0426. The maximum Gasteiger partial charge on any atom is 0.407 e. The highest BCUT2D eigenvalue weighted by molar-refractivity contribution is 6.06. The van der Waals surface area contributed by atoms with E-state index in [0.29, 0.717) is 6.54 Å². The smallest absolute Gasteiger partial charge is 0.407 e. The zero-order valence-electron chi connectivity index (χ0n) is 18.9. The molecule has 3 amide bonds. The lowest BCUT2D eigenvalue weighted by Gasteiger charge is -2.29. The van der Waals surface area contributed by atoms with E-state index in [9.17, 15) is 27.6 Å². The molecule has 2 aliphatic rings. The molecule has 4 rings (SSSR count). The zero-order chi connectivity index (χ0) is 25.1. The summed E-state index contributed by atoms with van der Waals surface area (Å²) in [5.74, 6) is -3.75. The lowest BCUT2D eigenvalue weighted by molar-refractivity contribution is -0.130. The van der Waals surface area contributed by atoms with Crippen molar-refractivity contribution in [2.45, 2.75) is 38.3 Å².